The fraction of sp³-hybridized carbons (Fsp3) is 0.370. The number of carbonyl (C=O) groups excluding carboxylic acids is 3. The standard InChI is InChI=1S/C27H31N2O5.Y/c1-2-22-23(25(31)18-24(22)30)12-8-3-4-9-13-26(32)29-34-21-16-14-20(15-17-21)28-27(33)19-10-6-5-7-11-19;/h1-2,5-7,10-11,14-17,22-24,30H,3-4,8-9,12-13,18H2,(H,28,33)(H,29,32);/q-1;/t22-,23-,24-;/m1./s1. The Balaban J connectivity index is 0.00000432. The molecule has 2 aromatic rings. The normalized spacial score (nSPS) is 18.9. The van der Waals surface area contributed by atoms with E-state index in [0.29, 0.717) is 36.3 Å². The molecule has 8 heteroatoms. The van der Waals surface area contributed by atoms with Gasteiger partial charge in [0.05, 0.1) is 6.10 Å². The SMILES string of the molecule is [CH-]=C[C@H]1[C@H](O)CC(=O)[C@@H]1CCCCCCC(=O)NOc1ccc(NC(=O)c2ccccc2)cc1.[Y]. The molecule has 183 valence electrons. The predicted molar refractivity (Wildman–Crippen MR) is 129 cm³/mol. The minimum Gasteiger partial charge on any atom is -0.518 e. The third-order valence-electron chi connectivity index (χ3n) is 6.05. The van der Waals surface area contributed by atoms with E-state index in [-0.39, 0.29) is 68.6 Å². The van der Waals surface area contributed by atoms with Crippen LogP contribution in [0.4, 0.5) is 5.69 Å². The maximum absolute atomic E-state index is 12.2. The summed E-state index contributed by atoms with van der Waals surface area (Å²) in [6.07, 6.45) is 5.37. The van der Waals surface area contributed by atoms with Crippen molar-refractivity contribution in [2.75, 3.05) is 5.32 Å². The number of aliphatic hydroxyl groups excluding tert-OH is 1. The molecule has 3 rings (SSSR count). The van der Waals surface area contributed by atoms with E-state index < -0.39 is 6.10 Å². The third-order valence-corrected chi connectivity index (χ3v) is 6.05. The van der Waals surface area contributed by atoms with E-state index in [9.17, 15) is 19.5 Å². The van der Waals surface area contributed by atoms with Gasteiger partial charge in [0.25, 0.3) is 11.8 Å². The number of hydrogen-bond acceptors (Lipinski definition) is 5. The Kier molecular flexibility index (Phi) is 12.3. The van der Waals surface area contributed by atoms with Crippen molar-refractivity contribution in [2.24, 2.45) is 11.8 Å². The molecule has 0 aliphatic heterocycles. The summed E-state index contributed by atoms with van der Waals surface area (Å²) >= 11 is 0. The first-order valence-corrected chi connectivity index (χ1v) is 11.7. The van der Waals surface area contributed by atoms with E-state index in [1.165, 1.54) is 6.08 Å². The quantitative estimate of drug-likeness (QED) is 0.208. The Morgan fingerprint density at radius 3 is 2.40 bits per heavy atom. The molecular formula is C27H31N2O5Y-. The number of unbranched alkanes of at least 4 members (excludes halogenated alkanes) is 3. The Morgan fingerprint density at radius 1 is 1.03 bits per heavy atom. The summed E-state index contributed by atoms with van der Waals surface area (Å²) in [4.78, 5) is 41.4. The fourth-order valence-corrected chi connectivity index (χ4v) is 4.16. The number of benzene rings is 2. The second-order valence-electron chi connectivity index (χ2n) is 8.54. The first-order valence-electron chi connectivity index (χ1n) is 11.7. The fourth-order valence-electron chi connectivity index (χ4n) is 4.16. The van der Waals surface area contributed by atoms with Gasteiger partial charge in [-0.25, -0.2) is 0 Å². The van der Waals surface area contributed by atoms with Crippen LogP contribution in [0.2, 0.25) is 0 Å². The molecule has 0 unspecified atom stereocenters. The number of anilines is 1. The molecule has 0 saturated heterocycles. The molecule has 35 heavy (non-hydrogen) atoms. The van der Waals surface area contributed by atoms with E-state index in [0.717, 1.165) is 19.3 Å². The van der Waals surface area contributed by atoms with Crippen LogP contribution < -0.4 is 15.6 Å². The largest absolute Gasteiger partial charge is 0.518 e. The van der Waals surface area contributed by atoms with E-state index >= 15 is 0 Å². The summed E-state index contributed by atoms with van der Waals surface area (Å²) in [6.45, 7) is 5.57. The van der Waals surface area contributed by atoms with Crippen LogP contribution in [0.15, 0.2) is 60.7 Å². The number of nitrogens with one attached hydrogen (secondary N) is 2. The van der Waals surface area contributed by atoms with Crippen LogP contribution in [0.25, 0.3) is 0 Å². The smallest absolute Gasteiger partial charge is 0.255 e. The average Bonchev–Trinajstić information content (AvgIpc) is 3.13. The van der Waals surface area contributed by atoms with Crippen LogP contribution in [0, 0.1) is 18.4 Å². The van der Waals surface area contributed by atoms with Gasteiger partial charge in [-0.15, -0.1) is 0 Å². The van der Waals surface area contributed by atoms with Crippen LogP contribution in [-0.4, -0.2) is 28.8 Å². The molecule has 1 aliphatic rings. The topological polar surface area (TPSA) is 105 Å². The summed E-state index contributed by atoms with van der Waals surface area (Å²) < 4.78 is 0. The van der Waals surface area contributed by atoms with Gasteiger partial charge in [-0.1, -0.05) is 37.5 Å². The Bertz CT molecular complexity index is 981. The zero-order chi connectivity index (χ0) is 24.3. The van der Waals surface area contributed by atoms with E-state index in [1.54, 1.807) is 48.5 Å². The molecule has 0 bridgehead atoms. The predicted octanol–water partition coefficient (Wildman–Crippen LogP) is 4.24. The zero-order valence-electron chi connectivity index (χ0n) is 19.7. The van der Waals surface area contributed by atoms with Crippen molar-refractivity contribution in [3.8, 4) is 5.75 Å². The number of carbonyl (C=O) groups is 3. The molecule has 0 spiro atoms. The summed E-state index contributed by atoms with van der Waals surface area (Å²) in [5.41, 5.74) is 3.62. The maximum atomic E-state index is 12.2. The third kappa shape index (κ3) is 8.99. The minimum atomic E-state index is -0.657. The van der Waals surface area contributed by atoms with Gasteiger partial charge in [0.1, 0.15) is 5.78 Å². The number of hydrogen-bond donors (Lipinski definition) is 3. The zero-order valence-corrected chi connectivity index (χ0v) is 22.5. The van der Waals surface area contributed by atoms with Crippen molar-refractivity contribution in [2.45, 2.75) is 51.0 Å². The second-order valence-corrected chi connectivity index (χ2v) is 8.54. The van der Waals surface area contributed by atoms with Gasteiger partial charge >= 0.3 is 0 Å². The van der Waals surface area contributed by atoms with Crippen LogP contribution in [0.3, 0.4) is 0 Å². The van der Waals surface area contributed by atoms with Crippen LogP contribution >= 0.6 is 0 Å². The van der Waals surface area contributed by atoms with Gasteiger partial charge in [0.2, 0.25) is 0 Å². The number of aliphatic hydroxyl groups is 1. The molecular weight excluding hydrogens is 521 g/mol. The molecule has 7 nitrogen and oxygen atoms in total. The molecule has 1 fully saturated rings. The van der Waals surface area contributed by atoms with E-state index in [1.807, 2.05) is 6.07 Å². The molecule has 2 aromatic carbocycles. The number of ketones is 1. The molecule has 3 atom stereocenters. The second kappa shape index (κ2) is 14.9. The van der Waals surface area contributed by atoms with Crippen molar-refractivity contribution < 1.29 is 57.0 Å². The number of amides is 2. The molecule has 1 aliphatic carbocycles. The van der Waals surface area contributed by atoms with Crippen molar-refractivity contribution in [3.63, 3.8) is 0 Å². The summed E-state index contributed by atoms with van der Waals surface area (Å²) in [6, 6.07) is 15.6. The van der Waals surface area contributed by atoms with Crippen molar-refractivity contribution in [1.29, 1.82) is 0 Å². The van der Waals surface area contributed by atoms with Crippen LogP contribution in [-0.2, 0) is 42.3 Å². The first-order chi connectivity index (χ1) is 16.5. The number of Topliss-reactive ketones (excluding diaryl/α,β-unsaturated/α-hetero) is 1. The van der Waals surface area contributed by atoms with Gasteiger partial charge in [-0.05, 0) is 55.2 Å². The van der Waals surface area contributed by atoms with Gasteiger partial charge in [0.15, 0.2) is 5.75 Å². The first kappa shape index (κ1) is 28.9. The van der Waals surface area contributed by atoms with Gasteiger partial charge in [-0.2, -0.15) is 5.48 Å². The molecule has 0 heterocycles. The van der Waals surface area contributed by atoms with Crippen molar-refractivity contribution >= 4 is 23.3 Å². The van der Waals surface area contributed by atoms with Gasteiger partial charge < -0.3 is 21.8 Å². The van der Waals surface area contributed by atoms with E-state index in [2.05, 4.69) is 10.8 Å². The van der Waals surface area contributed by atoms with Crippen LogP contribution in [0.5, 0.6) is 5.75 Å². The summed E-state index contributed by atoms with van der Waals surface area (Å²) in [5, 5.41) is 12.7. The minimum absolute atomic E-state index is 0. The Morgan fingerprint density at radius 2 is 1.71 bits per heavy atom. The number of hydroxylamine groups is 1. The molecule has 1 saturated carbocycles. The van der Waals surface area contributed by atoms with Gasteiger partial charge in [0, 0.05) is 62.7 Å². The summed E-state index contributed by atoms with van der Waals surface area (Å²) in [5.74, 6) is -0.302. The van der Waals surface area contributed by atoms with E-state index in [4.69, 9.17) is 11.4 Å². The summed E-state index contributed by atoms with van der Waals surface area (Å²) in [7, 11) is 0. The van der Waals surface area contributed by atoms with Gasteiger partial charge in [-0.3, -0.25) is 20.5 Å². The van der Waals surface area contributed by atoms with Crippen molar-refractivity contribution in [3.05, 3.63) is 72.8 Å². The Labute approximate surface area is 231 Å². The molecule has 2 amide bonds. The Hall–Kier alpha value is -2.35. The molecule has 1 radical (unpaired) electrons. The molecule has 0 aromatic heterocycles. The molecule has 3 N–H and O–H groups in total. The van der Waals surface area contributed by atoms with Crippen molar-refractivity contribution in [1.82, 2.24) is 5.48 Å². The maximum Gasteiger partial charge on any atom is 0.255 e. The average molecular weight is 552 g/mol. The number of rotatable bonds is 12. The van der Waals surface area contributed by atoms with Crippen LogP contribution in [0.1, 0.15) is 55.3 Å². The monoisotopic (exact) mass is 552 g/mol.